The molecule has 2 heteroatoms. The number of rotatable bonds is 4. The zero-order valence-corrected chi connectivity index (χ0v) is 15.1. The van der Waals surface area contributed by atoms with Gasteiger partial charge in [0.25, 0.3) is 0 Å². The fourth-order valence-corrected chi connectivity index (χ4v) is 4.78. The van der Waals surface area contributed by atoms with Crippen LogP contribution in [0.15, 0.2) is 60.7 Å². The number of nitrogens with zero attached hydrogens (tertiary/aromatic N) is 2. The van der Waals surface area contributed by atoms with Crippen LogP contribution in [-0.4, -0.2) is 17.0 Å². The SMILES string of the molecule is N#CC1(c2cccc(C3=CC4CCC(C3)N4Cc3ccccc3)c2)CC1. The van der Waals surface area contributed by atoms with Crippen LogP contribution in [0.3, 0.4) is 0 Å². The van der Waals surface area contributed by atoms with Crippen molar-refractivity contribution in [3.8, 4) is 6.07 Å². The monoisotopic (exact) mass is 340 g/mol. The molecule has 2 fully saturated rings. The van der Waals surface area contributed by atoms with E-state index >= 15 is 0 Å². The van der Waals surface area contributed by atoms with E-state index in [9.17, 15) is 5.26 Å². The van der Waals surface area contributed by atoms with Gasteiger partial charge in [-0.05, 0) is 60.4 Å². The van der Waals surface area contributed by atoms with E-state index in [1.807, 2.05) is 0 Å². The third-order valence-corrected chi connectivity index (χ3v) is 6.50. The van der Waals surface area contributed by atoms with E-state index in [-0.39, 0.29) is 5.41 Å². The summed E-state index contributed by atoms with van der Waals surface area (Å²) < 4.78 is 0. The molecule has 2 nitrogen and oxygen atoms in total. The van der Waals surface area contributed by atoms with Gasteiger partial charge in [0.2, 0.25) is 0 Å². The van der Waals surface area contributed by atoms with Crippen LogP contribution in [0.2, 0.25) is 0 Å². The quantitative estimate of drug-likeness (QED) is 0.777. The molecule has 1 aliphatic carbocycles. The van der Waals surface area contributed by atoms with Crippen LogP contribution in [0, 0.1) is 11.3 Å². The molecule has 0 aromatic heterocycles. The number of fused-ring (bicyclic) bond motifs is 2. The number of benzene rings is 2. The summed E-state index contributed by atoms with van der Waals surface area (Å²) in [6, 6.07) is 23.4. The maximum Gasteiger partial charge on any atom is 0.0824 e. The maximum absolute atomic E-state index is 9.51. The van der Waals surface area contributed by atoms with E-state index in [1.165, 1.54) is 35.1 Å². The molecular weight excluding hydrogens is 316 g/mol. The van der Waals surface area contributed by atoms with Crippen LogP contribution in [0.5, 0.6) is 0 Å². The molecule has 1 saturated carbocycles. The van der Waals surface area contributed by atoms with Crippen LogP contribution >= 0.6 is 0 Å². The van der Waals surface area contributed by atoms with E-state index in [4.69, 9.17) is 0 Å². The van der Waals surface area contributed by atoms with Gasteiger partial charge in [-0.1, -0.05) is 54.6 Å². The standard InChI is InChI=1S/C24H24N2/c25-17-24(11-12-24)21-8-4-7-19(13-21)20-14-22-9-10-23(15-20)26(22)16-18-5-2-1-3-6-18/h1-8,13-14,22-23H,9-12,15-16H2. The molecular formula is C24H24N2. The molecule has 3 aliphatic rings. The van der Waals surface area contributed by atoms with Gasteiger partial charge < -0.3 is 0 Å². The summed E-state index contributed by atoms with van der Waals surface area (Å²) in [5.74, 6) is 0. The summed E-state index contributed by atoms with van der Waals surface area (Å²) in [6.45, 7) is 1.05. The molecule has 2 aromatic rings. The first-order valence-corrected chi connectivity index (χ1v) is 9.80. The second-order valence-electron chi connectivity index (χ2n) is 8.13. The molecule has 1 saturated heterocycles. The van der Waals surface area contributed by atoms with Crippen molar-refractivity contribution in [1.29, 1.82) is 5.26 Å². The minimum atomic E-state index is -0.191. The Morgan fingerprint density at radius 3 is 2.62 bits per heavy atom. The summed E-state index contributed by atoms with van der Waals surface area (Å²) >= 11 is 0. The maximum atomic E-state index is 9.51. The molecule has 26 heavy (non-hydrogen) atoms. The lowest BCUT2D eigenvalue weighted by Gasteiger charge is -2.34. The largest absolute Gasteiger partial charge is 0.289 e. The Morgan fingerprint density at radius 1 is 1.04 bits per heavy atom. The highest BCUT2D eigenvalue weighted by Crippen LogP contribution is 2.48. The van der Waals surface area contributed by atoms with Crippen molar-refractivity contribution in [2.45, 2.75) is 56.1 Å². The van der Waals surface area contributed by atoms with Gasteiger partial charge in [-0.25, -0.2) is 0 Å². The third-order valence-electron chi connectivity index (χ3n) is 6.50. The molecule has 0 radical (unpaired) electrons. The van der Waals surface area contributed by atoms with Crippen molar-refractivity contribution >= 4 is 5.57 Å². The Labute approximate surface area is 155 Å². The summed E-state index contributed by atoms with van der Waals surface area (Å²) in [5.41, 5.74) is 5.26. The van der Waals surface area contributed by atoms with Crippen molar-refractivity contribution in [1.82, 2.24) is 4.90 Å². The van der Waals surface area contributed by atoms with Crippen LogP contribution in [-0.2, 0) is 12.0 Å². The lowest BCUT2D eigenvalue weighted by molar-refractivity contribution is 0.203. The van der Waals surface area contributed by atoms with Gasteiger partial charge in [0.15, 0.2) is 0 Å². The fourth-order valence-electron chi connectivity index (χ4n) is 4.78. The first-order valence-electron chi connectivity index (χ1n) is 9.80. The summed E-state index contributed by atoms with van der Waals surface area (Å²) in [7, 11) is 0. The van der Waals surface area contributed by atoms with Gasteiger partial charge >= 0.3 is 0 Å². The highest BCUT2D eigenvalue weighted by atomic mass is 15.2. The predicted molar refractivity (Wildman–Crippen MR) is 104 cm³/mol. The van der Waals surface area contributed by atoms with Gasteiger partial charge in [0.05, 0.1) is 11.5 Å². The van der Waals surface area contributed by atoms with Gasteiger partial charge in [-0.3, -0.25) is 4.90 Å². The summed E-state index contributed by atoms with van der Waals surface area (Å²) in [5, 5.41) is 9.51. The number of hydrogen-bond acceptors (Lipinski definition) is 2. The second-order valence-corrected chi connectivity index (χ2v) is 8.13. The third kappa shape index (κ3) is 2.68. The molecule has 130 valence electrons. The Balaban J connectivity index is 1.40. The normalized spacial score (nSPS) is 26.2. The molecule has 2 aromatic carbocycles. The second kappa shape index (κ2) is 6.11. The molecule has 5 rings (SSSR count). The smallest absolute Gasteiger partial charge is 0.0824 e. The average molecular weight is 340 g/mol. The van der Waals surface area contributed by atoms with E-state index in [0.717, 1.165) is 25.8 Å². The minimum absolute atomic E-state index is 0.191. The number of hydrogen-bond donors (Lipinski definition) is 0. The molecule has 2 heterocycles. The zero-order valence-electron chi connectivity index (χ0n) is 15.1. The first kappa shape index (κ1) is 15.9. The van der Waals surface area contributed by atoms with E-state index in [2.05, 4.69) is 71.6 Å². The molecule has 2 atom stereocenters. The molecule has 0 N–H and O–H groups in total. The Hall–Kier alpha value is -2.37. The molecule has 2 unspecified atom stereocenters. The number of nitriles is 1. The van der Waals surface area contributed by atoms with Crippen molar-refractivity contribution < 1.29 is 0 Å². The van der Waals surface area contributed by atoms with Gasteiger partial charge in [-0.15, -0.1) is 0 Å². The van der Waals surface area contributed by atoms with Crippen molar-refractivity contribution in [3.63, 3.8) is 0 Å². The fraction of sp³-hybridized carbons (Fsp3) is 0.375. The van der Waals surface area contributed by atoms with E-state index in [0.29, 0.717) is 12.1 Å². The molecule has 2 aliphatic heterocycles. The van der Waals surface area contributed by atoms with Crippen molar-refractivity contribution in [3.05, 3.63) is 77.4 Å². The average Bonchev–Trinajstić information content (AvgIpc) is 3.46. The highest BCUT2D eigenvalue weighted by Gasteiger charge is 2.45. The summed E-state index contributed by atoms with van der Waals surface area (Å²) in [6.07, 6.45) is 8.22. The van der Waals surface area contributed by atoms with Crippen LogP contribution < -0.4 is 0 Å². The predicted octanol–water partition coefficient (Wildman–Crippen LogP) is 5.06. The minimum Gasteiger partial charge on any atom is -0.289 e. The molecule has 0 spiro atoms. The van der Waals surface area contributed by atoms with Gasteiger partial charge in [0, 0.05) is 18.6 Å². The zero-order chi connectivity index (χ0) is 17.6. The van der Waals surface area contributed by atoms with Crippen LogP contribution in [0.1, 0.15) is 48.8 Å². The summed E-state index contributed by atoms with van der Waals surface area (Å²) in [4.78, 5) is 2.68. The first-order chi connectivity index (χ1) is 12.8. The van der Waals surface area contributed by atoms with Gasteiger partial charge in [-0.2, -0.15) is 5.26 Å². The molecule has 2 bridgehead atoms. The van der Waals surface area contributed by atoms with Crippen LogP contribution in [0.25, 0.3) is 5.57 Å². The topological polar surface area (TPSA) is 27.0 Å². The van der Waals surface area contributed by atoms with Crippen molar-refractivity contribution in [2.24, 2.45) is 0 Å². The van der Waals surface area contributed by atoms with Gasteiger partial charge in [0.1, 0.15) is 0 Å². The lowest BCUT2D eigenvalue weighted by atomic mass is 9.90. The highest BCUT2D eigenvalue weighted by molar-refractivity contribution is 5.69. The Morgan fingerprint density at radius 2 is 1.88 bits per heavy atom. The Bertz CT molecular complexity index is 886. The van der Waals surface area contributed by atoms with E-state index < -0.39 is 0 Å². The lowest BCUT2D eigenvalue weighted by Crippen LogP contribution is -2.37. The molecule has 0 amide bonds. The van der Waals surface area contributed by atoms with E-state index in [1.54, 1.807) is 0 Å². The van der Waals surface area contributed by atoms with Crippen LogP contribution in [0.4, 0.5) is 0 Å². The van der Waals surface area contributed by atoms with Crippen molar-refractivity contribution in [2.75, 3.05) is 0 Å². The Kier molecular flexibility index (Phi) is 3.72.